The van der Waals surface area contributed by atoms with Crippen LogP contribution in [0.2, 0.25) is 0 Å². The van der Waals surface area contributed by atoms with E-state index in [1.54, 1.807) is 18.2 Å². The van der Waals surface area contributed by atoms with Crippen LogP contribution in [0, 0.1) is 19.7 Å². The minimum Gasteiger partial charge on any atom is -0.324 e. The number of hydrogen-bond acceptors (Lipinski definition) is 3. The van der Waals surface area contributed by atoms with Crippen LogP contribution in [0.3, 0.4) is 0 Å². The number of benzene rings is 3. The molecule has 0 spiro atoms. The van der Waals surface area contributed by atoms with Crippen LogP contribution in [0.15, 0.2) is 65.6 Å². The molecule has 3 aromatic carbocycles. The van der Waals surface area contributed by atoms with Crippen molar-refractivity contribution < 1.29 is 17.6 Å². The molecule has 7 heteroatoms. The summed E-state index contributed by atoms with van der Waals surface area (Å²) >= 11 is 0. The number of rotatable bonds is 3. The number of nitrogens with one attached hydrogen (secondary N) is 1. The van der Waals surface area contributed by atoms with E-state index in [4.69, 9.17) is 0 Å². The minimum absolute atomic E-state index is 0.0537. The molecular formula is C22H19FN2O3S. The molecule has 0 aromatic heterocycles. The van der Waals surface area contributed by atoms with Crippen molar-refractivity contribution in [1.82, 2.24) is 0 Å². The Hall–Kier alpha value is -3.19. The number of halogens is 1. The van der Waals surface area contributed by atoms with Crippen LogP contribution in [0.1, 0.15) is 11.1 Å². The van der Waals surface area contributed by atoms with Gasteiger partial charge in [-0.2, -0.15) is 0 Å². The van der Waals surface area contributed by atoms with Crippen molar-refractivity contribution in [2.24, 2.45) is 0 Å². The van der Waals surface area contributed by atoms with Gasteiger partial charge in [-0.25, -0.2) is 12.8 Å². The summed E-state index contributed by atoms with van der Waals surface area (Å²) in [7, 11) is -3.97. The Morgan fingerprint density at radius 3 is 2.38 bits per heavy atom. The van der Waals surface area contributed by atoms with E-state index < -0.39 is 28.3 Å². The zero-order valence-corrected chi connectivity index (χ0v) is 16.8. The maximum absolute atomic E-state index is 13.9. The third kappa shape index (κ3) is 3.27. The van der Waals surface area contributed by atoms with Crippen LogP contribution >= 0.6 is 0 Å². The summed E-state index contributed by atoms with van der Waals surface area (Å²) < 4.78 is 41.4. The summed E-state index contributed by atoms with van der Waals surface area (Å²) in [6, 6.07) is 15.9. The molecule has 0 radical (unpaired) electrons. The molecule has 1 aliphatic heterocycles. The third-order valence-electron chi connectivity index (χ3n) is 5.01. The molecule has 5 nitrogen and oxygen atoms in total. The Kier molecular flexibility index (Phi) is 4.62. The second-order valence-corrected chi connectivity index (χ2v) is 8.82. The molecule has 1 aliphatic rings. The molecule has 0 atom stereocenters. The Balaban J connectivity index is 1.75. The van der Waals surface area contributed by atoms with Gasteiger partial charge in [-0.1, -0.05) is 36.4 Å². The standard InChI is InChI=1S/C22H19FN2O3S/c1-14-6-5-7-15(2)22(14)24-21(26)13-25-19-11-10-16(23)12-18(19)17-8-3-4-9-20(17)29(25,27)28/h3-12H,13H2,1-2H3,(H,24,26). The number of anilines is 2. The van der Waals surface area contributed by atoms with E-state index in [9.17, 15) is 17.6 Å². The topological polar surface area (TPSA) is 66.5 Å². The van der Waals surface area contributed by atoms with Crippen LogP contribution in [0.4, 0.5) is 15.8 Å². The van der Waals surface area contributed by atoms with Crippen LogP contribution in [-0.4, -0.2) is 20.9 Å². The average molecular weight is 410 g/mol. The molecule has 148 valence electrons. The molecule has 0 saturated heterocycles. The van der Waals surface area contributed by atoms with Crippen molar-refractivity contribution >= 4 is 27.3 Å². The van der Waals surface area contributed by atoms with Gasteiger partial charge in [-0.3, -0.25) is 9.10 Å². The Labute approximate surface area is 168 Å². The number of hydrogen-bond donors (Lipinski definition) is 1. The number of carbonyl (C=O) groups is 1. The smallest absolute Gasteiger partial charge is 0.265 e. The lowest BCUT2D eigenvalue weighted by atomic mass is 10.0. The second-order valence-electron chi connectivity index (χ2n) is 6.98. The molecular weight excluding hydrogens is 391 g/mol. The van der Waals surface area contributed by atoms with Gasteiger partial charge in [0.1, 0.15) is 12.4 Å². The number of sulfonamides is 1. The molecule has 29 heavy (non-hydrogen) atoms. The largest absolute Gasteiger partial charge is 0.324 e. The Morgan fingerprint density at radius 1 is 0.966 bits per heavy atom. The molecule has 1 amide bonds. The van der Waals surface area contributed by atoms with E-state index in [1.165, 1.54) is 24.3 Å². The molecule has 0 fully saturated rings. The first-order valence-electron chi connectivity index (χ1n) is 9.07. The quantitative estimate of drug-likeness (QED) is 0.702. The molecule has 0 bridgehead atoms. The van der Waals surface area contributed by atoms with Crippen molar-refractivity contribution in [3.05, 3.63) is 77.6 Å². The highest BCUT2D eigenvalue weighted by Crippen LogP contribution is 2.43. The predicted molar refractivity (Wildman–Crippen MR) is 111 cm³/mol. The van der Waals surface area contributed by atoms with E-state index in [0.717, 1.165) is 15.4 Å². The van der Waals surface area contributed by atoms with E-state index in [0.29, 0.717) is 16.8 Å². The van der Waals surface area contributed by atoms with Gasteiger partial charge in [0.25, 0.3) is 10.0 Å². The zero-order chi connectivity index (χ0) is 20.8. The maximum atomic E-state index is 13.9. The fourth-order valence-electron chi connectivity index (χ4n) is 3.59. The van der Waals surface area contributed by atoms with Crippen molar-refractivity contribution in [2.45, 2.75) is 18.7 Å². The van der Waals surface area contributed by atoms with Crippen molar-refractivity contribution in [3.63, 3.8) is 0 Å². The van der Waals surface area contributed by atoms with Crippen LogP contribution in [0.5, 0.6) is 0 Å². The number of nitrogens with zero attached hydrogens (tertiary/aromatic N) is 1. The zero-order valence-electron chi connectivity index (χ0n) is 15.9. The summed E-state index contributed by atoms with van der Waals surface area (Å²) in [6.07, 6.45) is 0. The fraction of sp³-hybridized carbons (Fsp3) is 0.136. The van der Waals surface area contributed by atoms with E-state index in [2.05, 4.69) is 5.32 Å². The van der Waals surface area contributed by atoms with Crippen molar-refractivity contribution in [3.8, 4) is 11.1 Å². The summed E-state index contributed by atoms with van der Waals surface area (Å²) in [5.41, 5.74) is 3.57. The van der Waals surface area contributed by atoms with Crippen LogP contribution in [-0.2, 0) is 14.8 Å². The average Bonchev–Trinajstić information content (AvgIpc) is 2.68. The van der Waals surface area contributed by atoms with Gasteiger partial charge in [0, 0.05) is 16.8 Å². The van der Waals surface area contributed by atoms with Gasteiger partial charge in [-0.15, -0.1) is 0 Å². The van der Waals surface area contributed by atoms with E-state index >= 15 is 0 Å². The van der Waals surface area contributed by atoms with Gasteiger partial charge in [-0.05, 0) is 49.2 Å². The van der Waals surface area contributed by atoms with Gasteiger partial charge in [0.2, 0.25) is 5.91 Å². The fourth-order valence-corrected chi connectivity index (χ4v) is 5.24. The molecule has 4 rings (SSSR count). The molecule has 1 N–H and O–H groups in total. The normalized spacial score (nSPS) is 14.1. The number of carbonyl (C=O) groups excluding carboxylic acids is 1. The second kappa shape index (κ2) is 7.00. The first-order chi connectivity index (χ1) is 13.8. The summed E-state index contributed by atoms with van der Waals surface area (Å²) in [6.45, 7) is 3.33. The summed E-state index contributed by atoms with van der Waals surface area (Å²) in [4.78, 5) is 12.8. The van der Waals surface area contributed by atoms with E-state index in [-0.39, 0.29) is 10.6 Å². The van der Waals surface area contributed by atoms with Gasteiger partial charge >= 0.3 is 0 Å². The minimum atomic E-state index is -3.97. The molecule has 0 aliphatic carbocycles. The lowest BCUT2D eigenvalue weighted by molar-refractivity contribution is -0.114. The van der Waals surface area contributed by atoms with Crippen molar-refractivity contribution in [2.75, 3.05) is 16.2 Å². The highest BCUT2D eigenvalue weighted by atomic mass is 32.2. The van der Waals surface area contributed by atoms with Gasteiger partial charge < -0.3 is 5.32 Å². The van der Waals surface area contributed by atoms with Crippen LogP contribution < -0.4 is 9.62 Å². The highest BCUT2D eigenvalue weighted by molar-refractivity contribution is 7.93. The molecule has 0 saturated carbocycles. The summed E-state index contributed by atoms with van der Waals surface area (Å²) in [5.74, 6) is -0.946. The maximum Gasteiger partial charge on any atom is 0.265 e. The first kappa shape index (κ1) is 19.1. The number of amides is 1. The van der Waals surface area contributed by atoms with Crippen LogP contribution in [0.25, 0.3) is 11.1 Å². The molecule has 0 unspecified atom stereocenters. The van der Waals surface area contributed by atoms with Gasteiger partial charge in [0.05, 0.1) is 10.6 Å². The number of fused-ring (bicyclic) bond motifs is 3. The third-order valence-corrected chi connectivity index (χ3v) is 6.82. The SMILES string of the molecule is Cc1cccc(C)c1NC(=O)CN1c2ccc(F)cc2-c2ccccc2S1(=O)=O. The first-order valence-corrected chi connectivity index (χ1v) is 10.5. The lowest BCUT2D eigenvalue weighted by Gasteiger charge is -2.31. The lowest BCUT2D eigenvalue weighted by Crippen LogP contribution is -2.40. The van der Waals surface area contributed by atoms with E-state index in [1.807, 2.05) is 32.0 Å². The Bertz CT molecular complexity index is 1220. The van der Waals surface area contributed by atoms with Gasteiger partial charge in [0.15, 0.2) is 0 Å². The summed E-state index contributed by atoms with van der Waals surface area (Å²) in [5, 5.41) is 2.81. The molecule has 3 aromatic rings. The number of aryl methyl sites for hydroxylation is 2. The number of para-hydroxylation sites is 1. The highest BCUT2D eigenvalue weighted by Gasteiger charge is 2.36. The monoisotopic (exact) mass is 410 g/mol. The predicted octanol–water partition coefficient (Wildman–Crippen LogP) is 4.26. The van der Waals surface area contributed by atoms with Crippen molar-refractivity contribution in [1.29, 1.82) is 0 Å². The Morgan fingerprint density at radius 2 is 1.66 bits per heavy atom. The molecule has 1 heterocycles.